The number of hydrogen-bond donors (Lipinski definition) is 1. The van der Waals surface area contributed by atoms with Gasteiger partial charge in [0.1, 0.15) is 5.76 Å². The van der Waals surface area contributed by atoms with Gasteiger partial charge in [-0.15, -0.1) is 0 Å². The molecule has 0 aliphatic carbocycles. The minimum Gasteiger partial charge on any atom is -0.360 e. The van der Waals surface area contributed by atoms with E-state index in [1.165, 1.54) is 0 Å². The topological polar surface area (TPSA) is 78.7 Å². The van der Waals surface area contributed by atoms with Crippen LogP contribution in [0.2, 0.25) is 0 Å². The maximum atomic E-state index is 12.5. The standard InChI is InChI=1S/C18H32N4O3/c1-5-8-9-10-18(24)22(12-11-21(6-2)7-3)14-17(23)19-16-13-15(4)25-20-16/h13H,5-12,14H2,1-4H3,(H,19,20,23). The zero-order chi connectivity index (χ0) is 18.7. The van der Waals surface area contributed by atoms with Crippen LogP contribution in [0.3, 0.4) is 0 Å². The molecule has 1 rings (SSSR count). The molecule has 1 heterocycles. The van der Waals surface area contributed by atoms with Crippen LogP contribution in [0.25, 0.3) is 0 Å². The number of nitrogens with zero attached hydrogens (tertiary/aromatic N) is 3. The molecule has 1 aromatic rings. The smallest absolute Gasteiger partial charge is 0.245 e. The van der Waals surface area contributed by atoms with Gasteiger partial charge in [0.05, 0.1) is 6.54 Å². The number of amides is 2. The number of anilines is 1. The highest BCUT2D eigenvalue weighted by Crippen LogP contribution is 2.08. The Labute approximate surface area is 150 Å². The first-order valence-corrected chi connectivity index (χ1v) is 9.23. The van der Waals surface area contributed by atoms with Crippen LogP contribution in [0, 0.1) is 6.92 Å². The van der Waals surface area contributed by atoms with Crippen molar-refractivity contribution in [2.45, 2.75) is 53.4 Å². The van der Waals surface area contributed by atoms with Crippen molar-refractivity contribution in [2.24, 2.45) is 0 Å². The van der Waals surface area contributed by atoms with E-state index >= 15 is 0 Å². The minimum absolute atomic E-state index is 0.0343. The van der Waals surface area contributed by atoms with Crippen molar-refractivity contribution < 1.29 is 14.1 Å². The SMILES string of the molecule is CCCCCC(=O)N(CCN(CC)CC)CC(=O)Nc1cc(C)on1. The fourth-order valence-corrected chi connectivity index (χ4v) is 2.56. The highest BCUT2D eigenvalue weighted by molar-refractivity contribution is 5.93. The summed E-state index contributed by atoms with van der Waals surface area (Å²) in [4.78, 5) is 28.6. The van der Waals surface area contributed by atoms with Crippen LogP contribution in [0.5, 0.6) is 0 Å². The van der Waals surface area contributed by atoms with Gasteiger partial charge in [-0.1, -0.05) is 38.8 Å². The molecule has 1 aromatic heterocycles. The first-order chi connectivity index (χ1) is 12.0. The van der Waals surface area contributed by atoms with E-state index in [1.807, 2.05) is 0 Å². The van der Waals surface area contributed by atoms with Crippen molar-refractivity contribution in [2.75, 3.05) is 38.0 Å². The van der Waals surface area contributed by atoms with Gasteiger partial charge in [-0.05, 0) is 26.4 Å². The fourth-order valence-electron chi connectivity index (χ4n) is 2.56. The molecule has 0 aromatic carbocycles. The third-order valence-electron chi connectivity index (χ3n) is 4.16. The van der Waals surface area contributed by atoms with Crippen LogP contribution in [0.15, 0.2) is 10.6 Å². The van der Waals surface area contributed by atoms with Gasteiger partial charge in [-0.25, -0.2) is 0 Å². The Kier molecular flexibility index (Phi) is 9.84. The fraction of sp³-hybridized carbons (Fsp3) is 0.722. The number of nitrogens with one attached hydrogen (secondary N) is 1. The second kappa shape index (κ2) is 11.6. The maximum Gasteiger partial charge on any atom is 0.245 e. The Bertz CT molecular complexity index is 526. The van der Waals surface area contributed by atoms with Crippen molar-refractivity contribution in [3.8, 4) is 0 Å². The Morgan fingerprint density at radius 3 is 2.44 bits per heavy atom. The largest absolute Gasteiger partial charge is 0.360 e. The van der Waals surface area contributed by atoms with Crippen LogP contribution in [0.1, 0.15) is 52.2 Å². The molecule has 0 bridgehead atoms. The van der Waals surface area contributed by atoms with Crippen molar-refractivity contribution in [3.05, 3.63) is 11.8 Å². The lowest BCUT2D eigenvalue weighted by Crippen LogP contribution is -2.42. The molecule has 0 radical (unpaired) electrons. The van der Waals surface area contributed by atoms with E-state index in [-0.39, 0.29) is 18.4 Å². The minimum atomic E-state index is -0.253. The molecule has 0 aliphatic heterocycles. The second-order valence-electron chi connectivity index (χ2n) is 6.17. The second-order valence-corrected chi connectivity index (χ2v) is 6.17. The summed E-state index contributed by atoms with van der Waals surface area (Å²) >= 11 is 0. The van der Waals surface area contributed by atoms with Gasteiger partial charge in [0.2, 0.25) is 11.8 Å². The number of carbonyl (C=O) groups is 2. The summed E-state index contributed by atoms with van der Waals surface area (Å²) in [6.07, 6.45) is 3.45. The summed E-state index contributed by atoms with van der Waals surface area (Å²) in [7, 11) is 0. The average molecular weight is 352 g/mol. The molecule has 7 nitrogen and oxygen atoms in total. The van der Waals surface area contributed by atoms with Gasteiger partial charge >= 0.3 is 0 Å². The van der Waals surface area contributed by atoms with Gasteiger partial charge < -0.3 is 19.6 Å². The molecule has 0 saturated carbocycles. The van der Waals surface area contributed by atoms with Gasteiger partial charge in [-0.2, -0.15) is 0 Å². The van der Waals surface area contributed by atoms with Crippen molar-refractivity contribution in [1.82, 2.24) is 15.0 Å². The van der Waals surface area contributed by atoms with E-state index in [9.17, 15) is 9.59 Å². The van der Waals surface area contributed by atoms with Crippen molar-refractivity contribution >= 4 is 17.6 Å². The number of aromatic nitrogens is 1. The molecule has 142 valence electrons. The van der Waals surface area contributed by atoms with Crippen LogP contribution in [-0.4, -0.2) is 59.5 Å². The van der Waals surface area contributed by atoms with E-state index in [1.54, 1.807) is 17.9 Å². The molecule has 0 saturated heterocycles. The van der Waals surface area contributed by atoms with E-state index in [0.717, 1.165) is 38.9 Å². The Balaban J connectivity index is 2.61. The van der Waals surface area contributed by atoms with Crippen LogP contribution >= 0.6 is 0 Å². The molecule has 0 fully saturated rings. The maximum absolute atomic E-state index is 12.5. The summed E-state index contributed by atoms with van der Waals surface area (Å²) in [5.74, 6) is 0.790. The molecule has 25 heavy (non-hydrogen) atoms. The zero-order valence-corrected chi connectivity index (χ0v) is 16.0. The monoisotopic (exact) mass is 352 g/mol. The summed E-state index contributed by atoms with van der Waals surface area (Å²) in [5, 5.41) is 6.43. The van der Waals surface area contributed by atoms with Crippen molar-refractivity contribution in [3.63, 3.8) is 0 Å². The first kappa shape index (κ1) is 21.2. The highest BCUT2D eigenvalue weighted by Gasteiger charge is 2.18. The number of likely N-dealkylation sites (N-methyl/N-ethyl adjacent to an activating group) is 1. The molecule has 1 N–H and O–H groups in total. The summed E-state index contributed by atoms with van der Waals surface area (Å²) in [6.45, 7) is 11.3. The molecule has 0 unspecified atom stereocenters. The highest BCUT2D eigenvalue weighted by atomic mass is 16.5. The number of aryl methyl sites for hydroxylation is 1. The lowest BCUT2D eigenvalue weighted by atomic mass is 10.2. The Hall–Kier alpha value is -1.89. The van der Waals surface area contributed by atoms with Crippen LogP contribution < -0.4 is 5.32 Å². The number of unbranched alkanes of at least 4 members (excludes halogenated alkanes) is 2. The lowest BCUT2D eigenvalue weighted by Gasteiger charge is -2.26. The third-order valence-corrected chi connectivity index (χ3v) is 4.16. The normalized spacial score (nSPS) is 10.9. The van der Waals surface area contributed by atoms with E-state index in [4.69, 9.17) is 4.52 Å². The number of rotatable bonds is 12. The van der Waals surface area contributed by atoms with Crippen molar-refractivity contribution in [1.29, 1.82) is 0 Å². The molecule has 0 aliphatic rings. The van der Waals surface area contributed by atoms with Gasteiger partial charge in [0, 0.05) is 25.6 Å². The first-order valence-electron chi connectivity index (χ1n) is 9.23. The molecular formula is C18H32N4O3. The molecule has 0 atom stereocenters. The van der Waals surface area contributed by atoms with E-state index in [0.29, 0.717) is 24.5 Å². The number of hydrogen-bond acceptors (Lipinski definition) is 5. The van der Waals surface area contributed by atoms with E-state index in [2.05, 4.69) is 36.1 Å². The zero-order valence-electron chi connectivity index (χ0n) is 16.0. The van der Waals surface area contributed by atoms with Crippen LogP contribution in [0.4, 0.5) is 5.82 Å². The summed E-state index contributed by atoms with van der Waals surface area (Å²) in [5.41, 5.74) is 0. The summed E-state index contributed by atoms with van der Waals surface area (Å²) in [6, 6.07) is 1.65. The third kappa shape index (κ3) is 8.16. The van der Waals surface area contributed by atoms with Gasteiger partial charge in [-0.3, -0.25) is 9.59 Å². The lowest BCUT2D eigenvalue weighted by molar-refractivity contribution is -0.135. The molecule has 7 heteroatoms. The predicted molar refractivity (Wildman–Crippen MR) is 98.4 cm³/mol. The summed E-state index contributed by atoms with van der Waals surface area (Å²) < 4.78 is 4.94. The number of carbonyl (C=O) groups excluding carboxylic acids is 2. The predicted octanol–water partition coefficient (Wildman–Crippen LogP) is 2.67. The Morgan fingerprint density at radius 2 is 1.88 bits per heavy atom. The van der Waals surface area contributed by atoms with Gasteiger partial charge in [0.15, 0.2) is 5.82 Å². The average Bonchev–Trinajstić information content (AvgIpc) is 2.99. The quantitative estimate of drug-likeness (QED) is 0.585. The van der Waals surface area contributed by atoms with Crippen LogP contribution in [-0.2, 0) is 9.59 Å². The molecule has 2 amide bonds. The van der Waals surface area contributed by atoms with E-state index < -0.39 is 0 Å². The van der Waals surface area contributed by atoms with Gasteiger partial charge in [0.25, 0.3) is 0 Å². The molecule has 0 spiro atoms. The Morgan fingerprint density at radius 1 is 1.16 bits per heavy atom. The molecular weight excluding hydrogens is 320 g/mol.